The Morgan fingerprint density at radius 1 is 1.29 bits per heavy atom. The maximum atomic E-state index is 12.3. The van der Waals surface area contributed by atoms with Crippen molar-refractivity contribution in [3.63, 3.8) is 0 Å². The van der Waals surface area contributed by atoms with E-state index in [9.17, 15) is 4.79 Å². The van der Waals surface area contributed by atoms with E-state index in [1.807, 2.05) is 24.3 Å². The third kappa shape index (κ3) is 4.21. The molecular formula is C17H24N2O2. The van der Waals surface area contributed by atoms with Crippen molar-refractivity contribution >= 4 is 11.6 Å². The molecule has 0 radical (unpaired) electrons. The number of nitrogens with one attached hydrogen (secondary N) is 2. The average Bonchev–Trinajstić information content (AvgIpc) is 3.31. The second-order valence-electron chi connectivity index (χ2n) is 6.34. The summed E-state index contributed by atoms with van der Waals surface area (Å²) in [6, 6.07) is 8.13. The Kier molecular flexibility index (Phi) is 4.44. The second-order valence-corrected chi connectivity index (χ2v) is 6.34. The number of carbonyl (C=O) groups is 1. The van der Waals surface area contributed by atoms with Crippen LogP contribution in [0.5, 0.6) is 5.75 Å². The van der Waals surface area contributed by atoms with E-state index in [4.69, 9.17) is 4.74 Å². The van der Waals surface area contributed by atoms with Crippen molar-refractivity contribution in [2.24, 2.45) is 11.8 Å². The molecule has 21 heavy (non-hydrogen) atoms. The lowest BCUT2D eigenvalue weighted by Gasteiger charge is -2.27. The molecule has 1 heterocycles. The summed E-state index contributed by atoms with van der Waals surface area (Å²) in [7, 11) is 0. The molecule has 1 aromatic carbocycles. The molecule has 0 aromatic heterocycles. The van der Waals surface area contributed by atoms with Crippen molar-refractivity contribution in [2.75, 3.05) is 18.5 Å². The van der Waals surface area contributed by atoms with Crippen LogP contribution < -0.4 is 15.4 Å². The van der Waals surface area contributed by atoms with E-state index in [0.29, 0.717) is 6.04 Å². The van der Waals surface area contributed by atoms with E-state index in [1.165, 1.54) is 12.8 Å². The summed E-state index contributed by atoms with van der Waals surface area (Å²) < 4.78 is 5.70. The van der Waals surface area contributed by atoms with Crippen LogP contribution in [0.3, 0.4) is 0 Å². The van der Waals surface area contributed by atoms with Crippen LogP contribution in [-0.2, 0) is 4.79 Å². The zero-order valence-electron chi connectivity index (χ0n) is 12.6. The highest BCUT2D eigenvalue weighted by atomic mass is 16.5. The topological polar surface area (TPSA) is 50.4 Å². The van der Waals surface area contributed by atoms with Crippen molar-refractivity contribution in [2.45, 2.75) is 38.6 Å². The Balaban J connectivity index is 1.50. The number of piperidine rings is 1. The molecule has 1 saturated carbocycles. The summed E-state index contributed by atoms with van der Waals surface area (Å²) in [5, 5.41) is 6.38. The van der Waals surface area contributed by atoms with Gasteiger partial charge in [0.2, 0.25) is 5.91 Å². The Bertz CT molecular complexity index is 482. The van der Waals surface area contributed by atoms with Gasteiger partial charge in [-0.15, -0.1) is 0 Å². The minimum absolute atomic E-state index is 0.118. The Morgan fingerprint density at radius 3 is 2.71 bits per heavy atom. The molecular weight excluding hydrogens is 264 g/mol. The van der Waals surface area contributed by atoms with Gasteiger partial charge in [-0.1, -0.05) is 0 Å². The SMILES string of the molecule is C[C@H]1C[C@@H](C(=O)Nc2ccc(OCC3CC3)cc2)CCN1. The molecule has 1 aliphatic heterocycles. The van der Waals surface area contributed by atoms with Gasteiger partial charge < -0.3 is 15.4 Å². The molecule has 3 rings (SSSR count). The summed E-state index contributed by atoms with van der Waals surface area (Å²) in [5.74, 6) is 1.89. The smallest absolute Gasteiger partial charge is 0.227 e. The van der Waals surface area contributed by atoms with Crippen molar-refractivity contribution in [3.8, 4) is 5.75 Å². The van der Waals surface area contributed by atoms with E-state index < -0.39 is 0 Å². The molecule has 1 amide bonds. The van der Waals surface area contributed by atoms with E-state index >= 15 is 0 Å². The molecule has 114 valence electrons. The number of benzene rings is 1. The van der Waals surface area contributed by atoms with Gasteiger partial charge in [-0.2, -0.15) is 0 Å². The number of anilines is 1. The molecule has 1 saturated heterocycles. The van der Waals surface area contributed by atoms with E-state index in [0.717, 1.165) is 43.3 Å². The van der Waals surface area contributed by atoms with Gasteiger partial charge in [0.25, 0.3) is 0 Å². The fourth-order valence-corrected chi connectivity index (χ4v) is 2.75. The molecule has 4 heteroatoms. The molecule has 2 fully saturated rings. The fraction of sp³-hybridized carbons (Fsp3) is 0.588. The summed E-state index contributed by atoms with van der Waals surface area (Å²) >= 11 is 0. The summed E-state index contributed by atoms with van der Waals surface area (Å²) in [5.41, 5.74) is 0.852. The molecule has 0 bridgehead atoms. The van der Waals surface area contributed by atoms with E-state index in [-0.39, 0.29) is 11.8 Å². The van der Waals surface area contributed by atoms with Crippen LogP contribution in [0.1, 0.15) is 32.6 Å². The van der Waals surface area contributed by atoms with Crippen LogP contribution in [0, 0.1) is 11.8 Å². The monoisotopic (exact) mass is 288 g/mol. The molecule has 2 aliphatic rings. The standard InChI is InChI=1S/C17H24N2O2/c1-12-10-14(8-9-18-12)17(20)19-15-4-6-16(7-5-15)21-11-13-2-3-13/h4-7,12-14,18H,2-3,8-11H2,1H3,(H,19,20)/t12-,14-/m0/s1. The number of amides is 1. The van der Waals surface area contributed by atoms with E-state index in [2.05, 4.69) is 17.6 Å². The Labute approximate surface area is 126 Å². The lowest BCUT2D eigenvalue weighted by molar-refractivity contribution is -0.120. The van der Waals surface area contributed by atoms with Gasteiger partial charge >= 0.3 is 0 Å². The third-order valence-electron chi connectivity index (χ3n) is 4.30. The van der Waals surface area contributed by atoms with Crippen LogP contribution in [0.15, 0.2) is 24.3 Å². The first-order valence-electron chi connectivity index (χ1n) is 7.98. The number of carbonyl (C=O) groups excluding carboxylic acids is 1. The number of hydrogen-bond donors (Lipinski definition) is 2. The Morgan fingerprint density at radius 2 is 2.05 bits per heavy atom. The summed E-state index contributed by atoms with van der Waals surface area (Å²) in [6.07, 6.45) is 4.42. The van der Waals surface area contributed by atoms with Gasteiger partial charge in [-0.05, 0) is 69.3 Å². The lowest BCUT2D eigenvalue weighted by atomic mass is 9.92. The maximum absolute atomic E-state index is 12.3. The van der Waals surface area contributed by atoms with Crippen LogP contribution >= 0.6 is 0 Å². The first kappa shape index (κ1) is 14.4. The maximum Gasteiger partial charge on any atom is 0.227 e. The zero-order valence-corrected chi connectivity index (χ0v) is 12.6. The molecule has 0 spiro atoms. The van der Waals surface area contributed by atoms with Crippen molar-refractivity contribution in [3.05, 3.63) is 24.3 Å². The minimum Gasteiger partial charge on any atom is -0.493 e. The van der Waals surface area contributed by atoms with Crippen molar-refractivity contribution < 1.29 is 9.53 Å². The second kappa shape index (κ2) is 6.48. The summed E-state index contributed by atoms with van der Waals surface area (Å²) in [4.78, 5) is 12.3. The van der Waals surface area contributed by atoms with Gasteiger partial charge in [0.15, 0.2) is 0 Å². The highest BCUT2D eigenvalue weighted by Gasteiger charge is 2.24. The van der Waals surface area contributed by atoms with Crippen molar-refractivity contribution in [1.82, 2.24) is 5.32 Å². The highest BCUT2D eigenvalue weighted by Crippen LogP contribution is 2.29. The molecule has 1 aromatic rings. The lowest BCUT2D eigenvalue weighted by Crippen LogP contribution is -2.40. The highest BCUT2D eigenvalue weighted by molar-refractivity contribution is 5.92. The van der Waals surface area contributed by atoms with Gasteiger partial charge in [0.05, 0.1) is 6.61 Å². The zero-order chi connectivity index (χ0) is 14.7. The summed E-state index contributed by atoms with van der Waals surface area (Å²) in [6.45, 7) is 3.87. The van der Waals surface area contributed by atoms with Crippen molar-refractivity contribution in [1.29, 1.82) is 0 Å². The van der Waals surface area contributed by atoms with Crippen LogP contribution in [0.4, 0.5) is 5.69 Å². The van der Waals surface area contributed by atoms with Gasteiger partial charge in [0.1, 0.15) is 5.75 Å². The average molecular weight is 288 g/mol. The fourth-order valence-electron chi connectivity index (χ4n) is 2.75. The first-order valence-corrected chi connectivity index (χ1v) is 7.98. The predicted octanol–water partition coefficient (Wildman–Crippen LogP) is 2.80. The largest absolute Gasteiger partial charge is 0.493 e. The number of rotatable bonds is 5. The predicted molar refractivity (Wildman–Crippen MR) is 83.5 cm³/mol. The van der Waals surface area contributed by atoms with Gasteiger partial charge in [-0.25, -0.2) is 0 Å². The molecule has 2 atom stereocenters. The van der Waals surface area contributed by atoms with Gasteiger partial charge in [0, 0.05) is 17.6 Å². The molecule has 2 N–H and O–H groups in total. The van der Waals surface area contributed by atoms with Crippen LogP contribution in [0.25, 0.3) is 0 Å². The van der Waals surface area contributed by atoms with E-state index in [1.54, 1.807) is 0 Å². The number of ether oxygens (including phenoxy) is 1. The molecule has 4 nitrogen and oxygen atoms in total. The first-order chi connectivity index (χ1) is 10.2. The Hall–Kier alpha value is -1.55. The van der Waals surface area contributed by atoms with Crippen LogP contribution in [-0.4, -0.2) is 25.1 Å². The molecule has 1 aliphatic carbocycles. The van der Waals surface area contributed by atoms with Crippen LogP contribution in [0.2, 0.25) is 0 Å². The third-order valence-corrected chi connectivity index (χ3v) is 4.30. The normalized spacial score (nSPS) is 25.4. The molecule has 0 unspecified atom stereocenters. The quantitative estimate of drug-likeness (QED) is 0.876. The number of hydrogen-bond acceptors (Lipinski definition) is 3. The van der Waals surface area contributed by atoms with Gasteiger partial charge in [-0.3, -0.25) is 4.79 Å². The minimum atomic E-state index is 0.118.